The van der Waals surface area contributed by atoms with Crippen LogP contribution >= 0.6 is 23.4 Å². The van der Waals surface area contributed by atoms with Gasteiger partial charge in [-0.2, -0.15) is 0 Å². The summed E-state index contributed by atoms with van der Waals surface area (Å²) in [5, 5.41) is 6.26. The molecule has 0 heterocycles. The number of rotatable bonds is 8. The molecular weight excluding hydrogens is 432 g/mol. The third-order valence-corrected chi connectivity index (χ3v) is 5.50. The van der Waals surface area contributed by atoms with E-state index in [4.69, 9.17) is 16.3 Å². The van der Waals surface area contributed by atoms with E-state index in [0.29, 0.717) is 27.8 Å². The standard InChI is InChI=1S/C24H23ClN2O3S/c1-16(2)26-23(28)15-31-22-10-6-3-7-19(22)24(29)27-17-11-13-18(14-12-17)30-21-9-5-4-8-20(21)25/h3-14,16H,15H2,1-2H3,(H,26,28)(H,27,29). The average molecular weight is 455 g/mol. The van der Waals surface area contributed by atoms with Crippen LogP contribution in [0, 0.1) is 0 Å². The summed E-state index contributed by atoms with van der Waals surface area (Å²) in [6.45, 7) is 3.82. The zero-order valence-corrected chi connectivity index (χ0v) is 18.8. The van der Waals surface area contributed by atoms with E-state index in [2.05, 4.69) is 10.6 Å². The molecule has 0 aromatic heterocycles. The van der Waals surface area contributed by atoms with Crippen molar-refractivity contribution in [3.05, 3.63) is 83.4 Å². The molecule has 3 aromatic carbocycles. The van der Waals surface area contributed by atoms with Gasteiger partial charge in [-0.05, 0) is 62.4 Å². The Hall–Kier alpha value is -2.96. The van der Waals surface area contributed by atoms with Gasteiger partial charge in [-0.15, -0.1) is 11.8 Å². The summed E-state index contributed by atoms with van der Waals surface area (Å²) in [5.74, 6) is 1.11. The molecule has 2 N–H and O–H groups in total. The highest BCUT2D eigenvalue weighted by molar-refractivity contribution is 8.00. The van der Waals surface area contributed by atoms with Gasteiger partial charge < -0.3 is 15.4 Å². The van der Waals surface area contributed by atoms with Gasteiger partial charge in [0.1, 0.15) is 11.5 Å². The smallest absolute Gasteiger partial charge is 0.256 e. The summed E-state index contributed by atoms with van der Waals surface area (Å²) >= 11 is 7.45. The first kappa shape index (κ1) is 22.7. The zero-order chi connectivity index (χ0) is 22.2. The van der Waals surface area contributed by atoms with Crippen molar-refractivity contribution in [3.63, 3.8) is 0 Å². The minimum Gasteiger partial charge on any atom is -0.456 e. The van der Waals surface area contributed by atoms with E-state index in [1.165, 1.54) is 11.8 Å². The summed E-state index contributed by atoms with van der Waals surface area (Å²) in [6, 6.07) is 21.6. The van der Waals surface area contributed by atoms with Crippen LogP contribution in [0.2, 0.25) is 5.02 Å². The molecule has 0 spiro atoms. The number of benzene rings is 3. The van der Waals surface area contributed by atoms with E-state index in [1.807, 2.05) is 38.1 Å². The maximum absolute atomic E-state index is 12.8. The first-order valence-electron chi connectivity index (χ1n) is 9.77. The van der Waals surface area contributed by atoms with Crippen LogP contribution in [-0.4, -0.2) is 23.6 Å². The van der Waals surface area contributed by atoms with Crippen LogP contribution in [0.1, 0.15) is 24.2 Å². The maximum atomic E-state index is 12.8. The number of thioether (sulfide) groups is 1. The Morgan fingerprint density at radius 3 is 2.35 bits per heavy atom. The number of carbonyl (C=O) groups excluding carboxylic acids is 2. The third kappa shape index (κ3) is 6.77. The number of ether oxygens (including phenoxy) is 1. The van der Waals surface area contributed by atoms with Crippen LogP contribution in [-0.2, 0) is 4.79 Å². The van der Waals surface area contributed by atoms with Crippen LogP contribution < -0.4 is 15.4 Å². The molecule has 160 valence electrons. The van der Waals surface area contributed by atoms with Crippen molar-refractivity contribution in [2.24, 2.45) is 0 Å². The van der Waals surface area contributed by atoms with Gasteiger partial charge in [-0.25, -0.2) is 0 Å². The molecule has 3 aromatic rings. The highest BCUT2D eigenvalue weighted by Crippen LogP contribution is 2.29. The Morgan fingerprint density at radius 1 is 0.968 bits per heavy atom. The van der Waals surface area contributed by atoms with Gasteiger partial charge in [0.05, 0.1) is 16.3 Å². The van der Waals surface area contributed by atoms with Crippen LogP contribution in [0.5, 0.6) is 11.5 Å². The van der Waals surface area contributed by atoms with Crippen molar-refractivity contribution in [2.75, 3.05) is 11.1 Å². The monoisotopic (exact) mass is 454 g/mol. The van der Waals surface area contributed by atoms with Gasteiger partial charge in [-0.1, -0.05) is 35.9 Å². The van der Waals surface area contributed by atoms with Gasteiger partial charge in [-0.3, -0.25) is 9.59 Å². The fourth-order valence-corrected chi connectivity index (χ4v) is 3.78. The lowest BCUT2D eigenvalue weighted by molar-refractivity contribution is -0.119. The number of halogens is 1. The molecule has 0 radical (unpaired) electrons. The average Bonchev–Trinajstić information content (AvgIpc) is 2.75. The lowest BCUT2D eigenvalue weighted by Crippen LogP contribution is -2.31. The summed E-state index contributed by atoms with van der Waals surface area (Å²) in [4.78, 5) is 25.5. The molecule has 7 heteroatoms. The maximum Gasteiger partial charge on any atom is 0.256 e. The molecule has 0 bridgehead atoms. The zero-order valence-electron chi connectivity index (χ0n) is 17.2. The minimum absolute atomic E-state index is 0.0654. The quantitative estimate of drug-likeness (QED) is 0.409. The molecule has 0 saturated heterocycles. The number of hydrogen-bond donors (Lipinski definition) is 2. The number of amides is 2. The van der Waals surface area contributed by atoms with Crippen molar-refractivity contribution in [2.45, 2.75) is 24.8 Å². The van der Waals surface area contributed by atoms with Gasteiger partial charge in [0.25, 0.3) is 5.91 Å². The second-order valence-electron chi connectivity index (χ2n) is 7.02. The van der Waals surface area contributed by atoms with Crippen molar-refractivity contribution in [3.8, 4) is 11.5 Å². The summed E-state index contributed by atoms with van der Waals surface area (Å²) < 4.78 is 5.77. The molecule has 2 amide bonds. The van der Waals surface area contributed by atoms with Gasteiger partial charge >= 0.3 is 0 Å². The van der Waals surface area contributed by atoms with E-state index in [-0.39, 0.29) is 23.6 Å². The first-order chi connectivity index (χ1) is 14.9. The third-order valence-electron chi connectivity index (χ3n) is 4.12. The first-order valence-corrected chi connectivity index (χ1v) is 11.1. The van der Waals surface area contributed by atoms with Gasteiger partial charge in [0.2, 0.25) is 5.91 Å². The molecule has 0 aliphatic carbocycles. The highest BCUT2D eigenvalue weighted by Gasteiger charge is 2.13. The van der Waals surface area contributed by atoms with Crippen molar-refractivity contribution >= 4 is 40.9 Å². The van der Waals surface area contributed by atoms with E-state index in [0.717, 1.165) is 4.90 Å². The molecule has 0 fully saturated rings. The molecular formula is C24H23ClN2O3S. The normalized spacial score (nSPS) is 10.6. The second-order valence-corrected chi connectivity index (χ2v) is 8.44. The lowest BCUT2D eigenvalue weighted by atomic mass is 10.2. The van der Waals surface area contributed by atoms with Crippen LogP contribution in [0.4, 0.5) is 5.69 Å². The van der Waals surface area contributed by atoms with E-state index in [9.17, 15) is 9.59 Å². The predicted molar refractivity (Wildman–Crippen MR) is 126 cm³/mol. The topological polar surface area (TPSA) is 67.4 Å². The summed E-state index contributed by atoms with van der Waals surface area (Å²) in [6.07, 6.45) is 0. The number of anilines is 1. The van der Waals surface area contributed by atoms with Crippen molar-refractivity contribution in [1.29, 1.82) is 0 Å². The fourth-order valence-electron chi connectivity index (χ4n) is 2.75. The molecule has 0 atom stereocenters. The Kier molecular flexibility index (Phi) is 7.98. The van der Waals surface area contributed by atoms with Crippen LogP contribution in [0.3, 0.4) is 0 Å². The largest absolute Gasteiger partial charge is 0.456 e. The van der Waals surface area contributed by atoms with Crippen LogP contribution in [0.15, 0.2) is 77.7 Å². The molecule has 5 nitrogen and oxygen atoms in total. The number of para-hydroxylation sites is 1. The molecule has 0 aliphatic rings. The molecule has 3 rings (SSSR count). The minimum atomic E-state index is -0.243. The highest BCUT2D eigenvalue weighted by atomic mass is 35.5. The Balaban J connectivity index is 1.64. The van der Waals surface area contributed by atoms with Crippen molar-refractivity contribution < 1.29 is 14.3 Å². The lowest BCUT2D eigenvalue weighted by Gasteiger charge is -2.12. The van der Waals surface area contributed by atoms with Gasteiger partial charge in [0.15, 0.2) is 0 Å². The van der Waals surface area contributed by atoms with E-state index in [1.54, 1.807) is 48.5 Å². The molecule has 0 saturated carbocycles. The Labute approximate surface area is 191 Å². The van der Waals surface area contributed by atoms with E-state index < -0.39 is 0 Å². The van der Waals surface area contributed by atoms with Crippen molar-refractivity contribution in [1.82, 2.24) is 5.32 Å². The van der Waals surface area contributed by atoms with Crippen LogP contribution in [0.25, 0.3) is 0 Å². The Bertz CT molecular complexity index is 1050. The number of nitrogens with one attached hydrogen (secondary N) is 2. The molecule has 0 unspecified atom stereocenters. The predicted octanol–water partition coefficient (Wildman–Crippen LogP) is 6.00. The van der Waals surface area contributed by atoms with Gasteiger partial charge in [0, 0.05) is 16.6 Å². The SMILES string of the molecule is CC(C)NC(=O)CSc1ccccc1C(=O)Nc1ccc(Oc2ccccc2Cl)cc1. The summed E-state index contributed by atoms with van der Waals surface area (Å²) in [5.41, 5.74) is 1.15. The molecule has 31 heavy (non-hydrogen) atoms. The summed E-state index contributed by atoms with van der Waals surface area (Å²) in [7, 11) is 0. The second kappa shape index (κ2) is 10.9. The fraction of sp³-hybridized carbons (Fsp3) is 0.167. The van der Waals surface area contributed by atoms with E-state index >= 15 is 0 Å². The molecule has 0 aliphatic heterocycles. The number of carbonyl (C=O) groups is 2. The Morgan fingerprint density at radius 2 is 1.65 bits per heavy atom. The number of hydrogen-bond acceptors (Lipinski definition) is 4.